The van der Waals surface area contributed by atoms with E-state index in [4.69, 9.17) is 28.7 Å². The van der Waals surface area contributed by atoms with Gasteiger partial charge in [0, 0.05) is 32.4 Å². The van der Waals surface area contributed by atoms with Crippen LogP contribution in [-0.2, 0) is 81.5 Å². The quantitative estimate of drug-likeness (QED) is 0.0153. The number of amides is 15. The van der Waals surface area contributed by atoms with Crippen LogP contribution in [0.3, 0.4) is 0 Å². The van der Waals surface area contributed by atoms with Crippen molar-refractivity contribution in [3.05, 3.63) is 0 Å². The van der Waals surface area contributed by atoms with E-state index < -0.39 is 243 Å². The number of aliphatic hydroxyl groups excluding tert-OH is 2. The second kappa shape index (κ2) is 44.2. The summed E-state index contributed by atoms with van der Waals surface area (Å²) >= 11 is 0. The Bertz CT molecular complexity index is 2930. The number of aliphatic hydroxyl groups is 2. The van der Waals surface area contributed by atoms with Crippen molar-refractivity contribution in [2.24, 2.45) is 51.4 Å². The highest BCUT2D eigenvalue weighted by atomic mass is 16.4. The number of aliphatic carboxylic acids is 2. The van der Waals surface area contributed by atoms with E-state index in [1.54, 1.807) is 41.5 Å². The fraction of sp³-hybridized carbons (Fsp3) is 0.700. The van der Waals surface area contributed by atoms with Crippen molar-refractivity contribution >= 4 is 107 Å². The van der Waals surface area contributed by atoms with Crippen LogP contribution < -0.4 is 92.5 Å². The van der Waals surface area contributed by atoms with Gasteiger partial charge in [0.05, 0.1) is 31.8 Å². The number of hydrogen-bond donors (Lipinski definition) is 21. The van der Waals surface area contributed by atoms with Crippen molar-refractivity contribution in [1.29, 1.82) is 0 Å². The second-order valence-corrected chi connectivity index (χ2v) is 25.3. The summed E-state index contributed by atoms with van der Waals surface area (Å²) in [6.07, 6.45) is -4.52. The van der Waals surface area contributed by atoms with E-state index in [1.165, 1.54) is 20.8 Å². The summed E-state index contributed by atoms with van der Waals surface area (Å²) in [5, 5.41) is 67.8. The number of nitrogens with zero attached hydrogens (tertiary/aromatic N) is 2. The van der Waals surface area contributed by atoms with Crippen molar-refractivity contribution in [3.63, 3.8) is 0 Å². The molecule has 0 aromatic heterocycles. The largest absolute Gasteiger partial charge is 0.481 e. The predicted molar refractivity (Wildman–Crippen MR) is 353 cm³/mol. The number of carboxylic acid groups (broad SMARTS) is 2. The Kier molecular flexibility index (Phi) is 39.0. The number of likely N-dealkylation sites (tertiary alicyclic amines) is 1. The molecular weight excluding hydrogens is 1320 g/mol. The second-order valence-electron chi connectivity index (χ2n) is 25.3. The Labute approximate surface area is 577 Å². The van der Waals surface area contributed by atoms with Gasteiger partial charge in [-0.15, -0.1) is 0 Å². The number of carbonyl (C=O) groups is 17. The molecule has 1 aliphatic rings. The zero-order valence-electron chi connectivity index (χ0n) is 57.8. The third-order valence-electron chi connectivity index (χ3n) is 15.1. The summed E-state index contributed by atoms with van der Waals surface area (Å²) in [5.41, 5.74) is 27.0. The molecule has 0 aromatic carbocycles. The fourth-order valence-electron chi connectivity index (χ4n) is 9.79. The fourth-order valence-corrected chi connectivity index (χ4v) is 9.79. The summed E-state index contributed by atoms with van der Waals surface area (Å²) in [6.45, 7) is 11.0. The molecule has 0 bridgehead atoms. The molecule has 1 fully saturated rings. The van der Waals surface area contributed by atoms with Gasteiger partial charge in [0.1, 0.15) is 66.5 Å². The first kappa shape index (κ1) is 88.2. The molecule has 15 amide bonds. The van der Waals surface area contributed by atoms with Crippen molar-refractivity contribution in [2.45, 2.75) is 218 Å². The van der Waals surface area contributed by atoms with E-state index in [-0.39, 0.29) is 69.4 Å². The standard InChI is InChI=1S/C60H103N19O21/c1-27(2)22-37(75-54(94)39(26-80)71-44(85)25-68-56(96)46(29(5)6)77-57(97)47(32(9)81)78-48(88)30(7)61)52(92)69-31(8)49(89)67-24-43(84)70-35(15-18-42(63)83)58(98)79-21-11-13-40(79)55(95)76-38(23-28(3)4)53(93)73-33(14-17-41(62)82)50(90)72-34(16-19-45(86)87)51(91)74-36(59(99)100)12-10-20-66-60(64)65/h27-40,46-47,80-81H,10-26,61H2,1-9H3,(H2,62,82)(H2,63,83)(H,67,89)(H,68,96)(H,69,92)(H,70,84)(H,71,85)(H,72,90)(H,73,93)(H,74,91)(H,75,94)(H,76,95)(H,77,97)(H,78,88)(H,86,87)(H,99,100)(H4,64,65,66)/t30-,31-,32+,33-,34-,35-,36-,37-,38-,39-,40-,46-,47-/m0/s1. The zero-order chi connectivity index (χ0) is 76.4. The molecule has 0 radical (unpaired) electrons. The van der Waals surface area contributed by atoms with E-state index in [0.717, 1.165) is 4.90 Å². The van der Waals surface area contributed by atoms with Gasteiger partial charge in [0.15, 0.2) is 5.96 Å². The van der Waals surface area contributed by atoms with Crippen LogP contribution in [0.2, 0.25) is 0 Å². The minimum Gasteiger partial charge on any atom is -0.481 e. The van der Waals surface area contributed by atoms with Crippen molar-refractivity contribution in [3.8, 4) is 0 Å². The third kappa shape index (κ3) is 33.1. The molecule has 40 nitrogen and oxygen atoms in total. The highest BCUT2D eigenvalue weighted by Gasteiger charge is 2.41. The van der Waals surface area contributed by atoms with Crippen LogP contribution in [0.25, 0.3) is 0 Å². The molecule has 1 heterocycles. The zero-order valence-corrected chi connectivity index (χ0v) is 57.8. The minimum atomic E-state index is -1.70. The third-order valence-corrected chi connectivity index (χ3v) is 15.1. The maximum absolute atomic E-state index is 14.3. The van der Waals surface area contributed by atoms with Crippen LogP contribution in [-0.4, -0.2) is 243 Å². The number of hydrogen-bond acceptors (Lipinski definition) is 21. The molecule has 0 spiro atoms. The number of nitrogens with two attached hydrogens (primary N) is 5. The van der Waals surface area contributed by atoms with E-state index in [2.05, 4.69) is 68.8 Å². The Balaban J connectivity index is 3.23. The lowest BCUT2D eigenvalue weighted by Gasteiger charge is -2.30. The van der Waals surface area contributed by atoms with Crippen LogP contribution in [0, 0.1) is 17.8 Å². The lowest BCUT2D eigenvalue weighted by Crippen LogP contribution is -2.60. The Hall–Kier alpha value is -9.86. The van der Waals surface area contributed by atoms with Gasteiger partial charge in [0.2, 0.25) is 88.6 Å². The molecule has 13 atom stereocenters. The molecule has 1 aliphatic heterocycles. The number of carboxylic acids is 2. The van der Waals surface area contributed by atoms with Gasteiger partial charge in [0.25, 0.3) is 0 Å². The molecule has 0 saturated carbocycles. The average Bonchev–Trinajstić information content (AvgIpc) is 1.62. The normalized spacial score (nSPS) is 16.2. The van der Waals surface area contributed by atoms with E-state index in [1.807, 2.05) is 0 Å². The molecule has 1 saturated heterocycles. The molecule has 100 heavy (non-hydrogen) atoms. The maximum Gasteiger partial charge on any atom is 0.326 e. The highest BCUT2D eigenvalue weighted by molar-refractivity contribution is 6.00. The summed E-state index contributed by atoms with van der Waals surface area (Å²) in [6, 6.07) is -17.6. The molecule has 564 valence electrons. The average molecular weight is 1430 g/mol. The molecule has 26 N–H and O–H groups in total. The van der Waals surface area contributed by atoms with E-state index in [9.17, 15) is 102 Å². The number of nitrogens with one attached hydrogen (secondary N) is 12. The monoisotopic (exact) mass is 1430 g/mol. The first-order valence-corrected chi connectivity index (χ1v) is 32.6. The summed E-state index contributed by atoms with van der Waals surface area (Å²) < 4.78 is 0. The number of carbonyl (C=O) groups excluding carboxylic acids is 15. The van der Waals surface area contributed by atoms with E-state index >= 15 is 0 Å². The number of guanidine groups is 1. The van der Waals surface area contributed by atoms with Gasteiger partial charge >= 0.3 is 11.9 Å². The van der Waals surface area contributed by atoms with Crippen LogP contribution in [0.15, 0.2) is 4.99 Å². The number of primary amides is 2. The molecule has 1 rings (SSSR count). The van der Waals surface area contributed by atoms with Gasteiger partial charge in [-0.3, -0.25) is 81.7 Å². The molecular formula is C60H103N19O21. The summed E-state index contributed by atoms with van der Waals surface area (Å²) in [5.74, 6) is -18.6. The van der Waals surface area contributed by atoms with Crippen LogP contribution >= 0.6 is 0 Å². The molecule has 0 aromatic rings. The van der Waals surface area contributed by atoms with Gasteiger partial charge in [-0.2, -0.15) is 0 Å². The van der Waals surface area contributed by atoms with Crippen LogP contribution in [0.5, 0.6) is 0 Å². The minimum absolute atomic E-state index is 0.00334. The molecule has 0 unspecified atom stereocenters. The van der Waals surface area contributed by atoms with Crippen molar-refractivity contribution < 1.29 is 102 Å². The van der Waals surface area contributed by atoms with Crippen molar-refractivity contribution in [1.82, 2.24) is 68.7 Å². The topological polar surface area (TPSA) is 661 Å². The van der Waals surface area contributed by atoms with Gasteiger partial charge in [-0.1, -0.05) is 41.5 Å². The lowest BCUT2D eigenvalue weighted by molar-refractivity contribution is -0.143. The highest BCUT2D eigenvalue weighted by Crippen LogP contribution is 2.21. The Morgan fingerprint density at radius 3 is 1.41 bits per heavy atom. The maximum atomic E-state index is 14.3. The summed E-state index contributed by atoms with van der Waals surface area (Å²) in [7, 11) is 0. The van der Waals surface area contributed by atoms with Gasteiger partial charge in [-0.05, 0) is 96.3 Å². The van der Waals surface area contributed by atoms with Gasteiger partial charge in [-0.25, -0.2) is 4.79 Å². The number of rotatable bonds is 46. The Morgan fingerprint density at radius 1 is 0.490 bits per heavy atom. The van der Waals surface area contributed by atoms with Gasteiger partial charge < -0.3 is 118 Å². The first-order valence-electron chi connectivity index (χ1n) is 32.6. The predicted octanol–water partition coefficient (Wildman–Crippen LogP) is -8.92. The SMILES string of the molecule is CC(C)C[C@H](NC(=O)[C@H](CO)NC(=O)CNC(=O)[C@@H](NC(=O)[C@@H](NC(=O)[C@H](C)N)[C@@H](C)O)C(C)C)C(=O)N[C@@H](C)C(=O)NCC(=O)N[C@@H](CCC(N)=O)C(=O)N1CCC[C@H]1C(=O)N[C@@H](CC(C)C)C(=O)N[C@@H](CCC(N)=O)C(=O)N[C@@H](CCC(=O)O)C(=O)N[C@@H](CCCN=C(N)N)C(=O)O. The van der Waals surface area contributed by atoms with Crippen molar-refractivity contribution in [2.75, 3.05) is 32.8 Å². The van der Waals surface area contributed by atoms with E-state index in [0.29, 0.717) is 0 Å². The smallest absolute Gasteiger partial charge is 0.326 e. The molecule has 0 aliphatic carbocycles. The summed E-state index contributed by atoms with van der Waals surface area (Å²) in [4.78, 5) is 228. The first-order chi connectivity index (χ1) is 46.6. The Morgan fingerprint density at radius 2 is 0.940 bits per heavy atom. The molecule has 40 heteroatoms. The van der Waals surface area contributed by atoms with Crippen LogP contribution in [0.1, 0.15) is 139 Å². The number of aliphatic imine (C=N–C) groups is 1. The lowest BCUT2D eigenvalue weighted by atomic mass is 10.0. The van der Waals surface area contributed by atoms with Crippen LogP contribution in [0.4, 0.5) is 0 Å².